The Bertz CT molecular complexity index is 850. The molecule has 1 fully saturated rings. The van der Waals surface area contributed by atoms with Gasteiger partial charge in [-0.2, -0.15) is 5.26 Å². The third-order valence-corrected chi connectivity index (χ3v) is 5.42. The first kappa shape index (κ1) is 20.7. The van der Waals surface area contributed by atoms with Gasteiger partial charge < -0.3 is 14.7 Å². The van der Waals surface area contributed by atoms with E-state index in [9.17, 15) is 10.1 Å². The highest BCUT2D eigenvalue weighted by Gasteiger charge is 2.23. The molecule has 29 heavy (non-hydrogen) atoms. The number of nitrogens with zero attached hydrogens (tertiary/aromatic N) is 5. The summed E-state index contributed by atoms with van der Waals surface area (Å²) in [5.41, 5.74) is 2.81. The number of rotatable bonds is 7. The summed E-state index contributed by atoms with van der Waals surface area (Å²) in [4.78, 5) is 23.3. The normalized spacial score (nSPS) is 13.8. The van der Waals surface area contributed by atoms with E-state index in [2.05, 4.69) is 59.1 Å². The number of piperazine rings is 1. The van der Waals surface area contributed by atoms with E-state index in [4.69, 9.17) is 0 Å². The van der Waals surface area contributed by atoms with Crippen LogP contribution in [0.1, 0.15) is 30.9 Å². The molecular weight excluding hydrogens is 362 g/mol. The zero-order chi connectivity index (χ0) is 20.6. The molecule has 0 unspecified atom stereocenters. The van der Waals surface area contributed by atoms with E-state index in [1.807, 2.05) is 4.90 Å². The summed E-state index contributed by atoms with van der Waals surface area (Å²) in [5, 5.41) is 9.27. The number of benzene rings is 1. The molecule has 2 aromatic rings. The van der Waals surface area contributed by atoms with Gasteiger partial charge in [0.15, 0.2) is 0 Å². The van der Waals surface area contributed by atoms with E-state index in [0.29, 0.717) is 44.0 Å². The molecule has 0 saturated carbocycles. The molecular formula is C23H29N5O. The monoisotopic (exact) mass is 391 g/mol. The van der Waals surface area contributed by atoms with Crippen molar-refractivity contribution in [3.8, 4) is 6.07 Å². The molecule has 1 amide bonds. The number of nitriles is 1. The van der Waals surface area contributed by atoms with Crippen LogP contribution in [0.15, 0.2) is 42.6 Å². The minimum Gasteiger partial charge on any atom is -0.375 e. The van der Waals surface area contributed by atoms with E-state index in [-0.39, 0.29) is 5.91 Å². The van der Waals surface area contributed by atoms with Crippen LogP contribution in [0.5, 0.6) is 0 Å². The number of pyridine rings is 1. The van der Waals surface area contributed by atoms with Crippen molar-refractivity contribution in [1.82, 2.24) is 9.88 Å². The highest BCUT2D eigenvalue weighted by Crippen LogP contribution is 2.19. The fourth-order valence-electron chi connectivity index (χ4n) is 3.58. The number of hydrogen-bond acceptors (Lipinski definition) is 5. The Morgan fingerprint density at radius 1 is 1.17 bits per heavy atom. The molecule has 1 aliphatic heterocycles. The number of carbonyl (C=O) groups excluding carboxylic acids is 1. The summed E-state index contributed by atoms with van der Waals surface area (Å²) in [6.07, 6.45) is 4.49. The Morgan fingerprint density at radius 2 is 1.90 bits per heavy atom. The molecule has 3 rings (SSSR count). The van der Waals surface area contributed by atoms with Gasteiger partial charge in [-0.25, -0.2) is 4.98 Å². The van der Waals surface area contributed by atoms with Crippen molar-refractivity contribution < 1.29 is 4.79 Å². The second kappa shape index (κ2) is 9.92. The van der Waals surface area contributed by atoms with Crippen molar-refractivity contribution in [2.45, 2.75) is 26.2 Å². The summed E-state index contributed by atoms with van der Waals surface area (Å²) in [6.45, 7) is 5.93. The summed E-state index contributed by atoms with van der Waals surface area (Å²) >= 11 is 0. The fourth-order valence-corrected chi connectivity index (χ4v) is 3.58. The van der Waals surface area contributed by atoms with Gasteiger partial charge in [-0.05, 0) is 36.2 Å². The quantitative estimate of drug-likeness (QED) is 0.726. The standard InChI is InChI=1S/C23H29N5O/c1-3-4-12-26(2)21-9-7-19(8-10-21)17-22(29)27-13-15-28(16-14-27)23-20(18-24)6-5-11-25-23/h5-11H,3-4,12-17H2,1-2H3. The molecule has 1 aromatic carbocycles. The van der Waals surface area contributed by atoms with Crippen molar-refractivity contribution in [3.63, 3.8) is 0 Å². The van der Waals surface area contributed by atoms with Crippen LogP contribution in [0.2, 0.25) is 0 Å². The van der Waals surface area contributed by atoms with Crippen molar-refractivity contribution >= 4 is 17.4 Å². The van der Waals surface area contributed by atoms with Gasteiger partial charge in [0.05, 0.1) is 12.0 Å². The zero-order valence-corrected chi connectivity index (χ0v) is 17.3. The summed E-state index contributed by atoms with van der Waals surface area (Å²) in [6, 6.07) is 14.1. The molecule has 152 valence electrons. The minimum absolute atomic E-state index is 0.151. The van der Waals surface area contributed by atoms with Crippen molar-refractivity contribution in [3.05, 3.63) is 53.7 Å². The Kier molecular flexibility index (Phi) is 7.07. The Hall–Kier alpha value is -3.07. The van der Waals surface area contributed by atoms with Crippen LogP contribution in [-0.2, 0) is 11.2 Å². The van der Waals surface area contributed by atoms with Gasteiger partial charge in [0.2, 0.25) is 5.91 Å². The van der Waals surface area contributed by atoms with E-state index < -0.39 is 0 Å². The van der Waals surface area contributed by atoms with Gasteiger partial charge in [0.1, 0.15) is 11.9 Å². The number of aromatic nitrogens is 1. The molecule has 2 heterocycles. The van der Waals surface area contributed by atoms with Gasteiger partial charge >= 0.3 is 0 Å². The number of anilines is 2. The second-order valence-corrected chi connectivity index (χ2v) is 7.47. The fraction of sp³-hybridized carbons (Fsp3) is 0.435. The third-order valence-electron chi connectivity index (χ3n) is 5.42. The lowest BCUT2D eigenvalue weighted by Gasteiger charge is -2.35. The Labute approximate surface area is 173 Å². The smallest absolute Gasteiger partial charge is 0.227 e. The van der Waals surface area contributed by atoms with Crippen LogP contribution in [0.3, 0.4) is 0 Å². The van der Waals surface area contributed by atoms with Gasteiger partial charge in [-0.3, -0.25) is 4.79 Å². The van der Waals surface area contributed by atoms with E-state index >= 15 is 0 Å². The largest absolute Gasteiger partial charge is 0.375 e. The van der Waals surface area contributed by atoms with Crippen molar-refractivity contribution in [2.75, 3.05) is 49.6 Å². The molecule has 6 nitrogen and oxygen atoms in total. The predicted octanol–water partition coefficient (Wildman–Crippen LogP) is 3.08. The van der Waals surface area contributed by atoms with Crippen LogP contribution in [-0.4, -0.2) is 55.6 Å². The maximum absolute atomic E-state index is 12.7. The molecule has 6 heteroatoms. The second-order valence-electron chi connectivity index (χ2n) is 7.47. The maximum atomic E-state index is 12.7. The lowest BCUT2D eigenvalue weighted by Crippen LogP contribution is -2.49. The lowest BCUT2D eigenvalue weighted by atomic mass is 10.1. The van der Waals surface area contributed by atoms with Crippen LogP contribution in [0, 0.1) is 11.3 Å². The van der Waals surface area contributed by atoms with Gasteiger partial charge in [-0.1, -0.05) is 25.5 Å². The maximum Gasteiger partial charge on any atom is 0.227 e. The van der Waals surface area contributed by atoms with Gasteiger partial charge in [-0.15, -0.1) is 0 Å². The lowest BCUT2D eigenvalue weighted by molar-refractivity contribution is -0.130. The minimum atomic E-state index is 0.151. The molecule has 0 spiro atoms. The summed E-state index contributed by atoms with van der Waals surface area (Å²) in [5.74, 6) is 0.864. The van der Waals surface area contributed by atoms with Gasteiger partial charge in [0.25, 0.3) is 0 Å². The number of hydrogen-bond donors (Lipinski definition) is 0. The first-order chi connectivity index (χ1) is 14.1. The Balaban J connectivity index is 1.53. The van der Waals surface area contributed by atoms with E-state index in [1.165, 1.54) is 18.5 Å². The highest BCUT2D eigenvalue weighted by atomic mass is 16.2. The van der Waals surface area contributed by atoms with E-state index in [0.717, 1.165) is 12.1 Å². The topological polar surface area (TPSA) is 63.5 Å². The van der Waals surface area contributed by atoms with Crippen molar-refractivity contribution in [1.29, 1.82) is 5.26 Å². The van der Waals surface area contributed by atoms with Crippen LogP contribution < -0.4 is 9.80 Å². The summed E-state index contributed by atoms with van der Waals surface area (Å²) in [7, 11) is 2.11. The predicted molar refractivity (Wildman–Crippen MR) is 116 cm³/mol. The van der Waals surface area contributed by atoms with Gasteiger partial charge in [0, 0.05) is 51.7 Å². The molecule has 1 saturated heterocycles. The number of unbranched alkanes of at least 4 members (excludes halogenated alkanes) is 1. The molecule has 0 N–H and O–H groups in total. The summed E-state index contributed by atoms with van der Waals surface area (Å²) < 4.78 is 0. The average molecular weight is 392 g/mol. The van der Waals surface area contributed by atoms with Crippen LogP contribution >= 0.6 is 0 Å². The molecule has 0 aliphatic carbocycles. The van der Waals surface area contributed by atoms with Crippen molar-refractivity contribution in [2.24, 2.45) is 0 Å². The SMILES string of the molecule is CCCCN(C)c1ccc(CC(=O)N2CCN(c3ncccc3C#N)CC2)cc1. The third kappa shape index (κ3) is 5.26. The number of amides is 1. The van der Waals surface area contributed by atoms with E-state index in [1.54, 1.807) is 18.3 Å². The molecule has 1 aromatic heterocycles. The molecule has 0 bridgehead atoms. The average Bonchev–Trinajstić information content (AvgIpc) is 2.78. The number of carbonyl (C=O) groups is 1. The first-order valence-electron chi connectivity index (χ1n) is 10.3. The Morgan fingerprint density at radius 3 is 2.55 bits per heavy atom. The first-order valence-corrected chi connectivity index (χ1v) is 10.3. The molecule has 1 aliphatic rings. The molecule has 0 atom stereocenters. The highest BCUT2D eigenvalue weighted by molar-refractivity contribution is 5.79. The molecule has 0 radical (unpaired) electrons. The van der Waals surface area contributed by atoms with Crippen LogP contribution in [0.4, 0.5) is 11.5 Å². The zero-order valence-electron chi connectivity index (χ0n) is 17.3. The van der Waals surface area contributed by atoms with Crippen LogP contribution in [0.25, 0.3) is 0 Å².